The predicted octanol–water partition coefficient (Wildman–Crippen LogP) is 4.68. The van der Waals surface area contributed by atoms with Crippen LogP contribution in [0, 0.1) is 0 Å². The summed E-state index contributed by atoms with van der Waals surface area (Å²) in [4.78, 5) is 23.2. The fourth-order valence-electron chi connectivity index (χ4n) is 2.78. The number of amides is 2. The molecule has 0 atom stereocenters. The van der Waals surface area contributed by atoms with Crippen molar-refractivity contribution in [2.45, 2.75) is 6.92 Å². The number of rotatable bonds is 6. The molecule has 29 heavy (non-hydrogen) atoms. The van der Waals surface area contributed by atoms with Gasteiger partial charge in [-0.25, -0.2) is 4.79 Å². The SMILES string of the molecule is CCOc1ccc(-c2ccc(N)c(NC(=O)c3ccc(NC(=O)O)cc3)c2)cc1. The van der Waals surface area contributed by atoms with Crippen molar-refractivity contribution in [3.05, 3.63) is 72.3 Å². The van der Waals surface area contributed by atoms with E-state index in [1.54, 1.807) is 6.07 Å². The first-order valence-electron chi connectivity index (χ1n) is 9.00. The van der Waals surface area contributed by atoms with Crippen molar-refractivity contribution >= 4 is 29.1 Å². The Bertz CT molecular complexity index is 1020. The van der Waals surface area contributed by atoms with Gasteiger partial charge in [0.1, 0.15) is 5.75 Å². The summed E-state index contributed by atoms with van der Waals surface area (Å²) >= 11 is 0. The van der Waals surface area contributed by atoms with Crippen molar-refractivity contribution in [3.63, 3.8) is 0 Å². The Balaban J connectivity index is 1.77. The number of carbonyl (C=O) groups is 2. The zero-order valence-corrected chi connectivity index (χ0v) is 15.8. The number of nitrogens with two attached hydrogens (primary N) is 1. The largest absolute Gasteiger partial charge is 0.494 e. The van der Waals surface area contributed by atoms with E-state index in [-0.39, 0.29) is 5.91 Å². The minimum atomic E-state index is -1.17. The van der Waals surface area contributed by atoms with Crippen LogP contribution >= 0.6 is 0 Å². The molecule has 0 saturated carbocycles. The fourth-order valence-corrected chi connectivity index (χ4v) is 2.78. The van der Waals surface area contributed by atoms with Gasteiger partial charge in [-0.15, -0.1) is 0 Å². The van der Waals surface area contributed by atoms with Crippen molar-refractivity contribution in [2.75, 3.05) is 23.0 Å². The van der Waals surface area contributed by atoms with Crippen LogP contribution in [-0.4, -0.2) is 23.7 Å². The highest BCUT2D eigenvalue weighted by Crippen LogP contribution is 2.29. The molecular weight excluding hydrogens is 370 g/mol. The number of nitrogens with one attached hydrogen (secondary N) is 2. The van der Waals surface area contributed by atoms with Crippen LogP contribution in [0.25, 0.3) is 11.1 Å². The first-order chi connectivity index (χ1) is 14.0. The number of hydrogen-bond donors (Lipinski definition) is 4. The van der Waals surface area contributed by atoms with E-state index in [4.69, 9.17) is 15.6 Å². The third-order valence-electron chi connectivity index (χ3n) is 4.20. The summed E-state index contributed by atoms with van der Waals surface area (Å²) in [6.07, 6.45) is -1.17. The molecule has 148 valence electrons. The van der Waals surface area contributed by atoms with Crippen LogP contribution < -0.4 is 21.1 Å². The number of nitrogen functional groups attached to an aromatic ring is 1. The second-order valence-electron chi connectivity index (χ2n) is 6.22. The minimum Gasteiger partial charge on any atom is -0.494 e. The highest BCUT2D eigenvalue weighted by Gasteiger charge is 2.10. The number of carboxylic acid groups (broad SMARTS) is 1. The maximum atomic E-state index is 12.5. The van der Waals surface area contributed by atoms with Gasteiger partial charge in [-0.3, -0.25) is 10.1 Å². The van der Waals surface area contributed by atoms with Crippen molar-refractivity contribution < 1.29 is 19.4 Å². The molecular formula is C22H21N3O4. The highest BCUT2D eigenvalue weighted by molar-refractivity contribution is 6.06. The Morgan fingerprint density at radius 2 is 1.59 bits per heavy atom. The van der Waals surface area contributed by atoms with Gasteiger partial charge in [0.15, 0.2) is 0 Å². The monoisotopic (exact) mass is 391 g/mol. The van der Waals surface area contributed by atoms with Crippen LogP contribution in [-0.2, 0) is 0 Å². The van der Waals surface area contributed by atoms with Gasteiger partial charge in [-0.05, 0) is 66.6 Å². The molecule has 7 nitrogen and oxygen atoms in total. The second-order valence-corrected chi connectivity index (χ2v) is 6.22. The maximum absolute atomic E-state index is 12.5. The summed E-state index contributed by atoms with van der Waals surface area (Å²) in [5, 5.41) is 13.7. The summed E-state index contributed by atoms with van der Waals surface area (Å²) in [5.74, 6) is 0.448. The topological polar surface area (TPSA) is 114 Å². The Labute approximate surface area is 168 Å². The number of benzene rings is 3. The Kier molecular flexibility index (Phi) is 5.99. The normalized spacial score (nSPS) is 10.2. The molecule has 0 aliphatic carbocycles. The standard InChI is InChI=1S/C22H21N3O4/c1-2-29-18-10-5-14(6-11-18)16-7-12-19(23)20(13-16)25-21(26)15-3-8-17(9-4-15)24-22(27)28/h3-13,24H,2,23H2,1H3,(H,25,26)(H,27,28). The molecule has 3 aromatic carbocycles. The molecule has 0 fully saturated rings. The summed E-state index contributed by atoms with van der Waals surface area (Å²) in [5.41, 5.74) is 9.59. The van der Waals surface area contributed by atoms with E-state index in [1.165, 1.54) is 24.3 Å². The number of carbonyl (C=O) groups excluding carboxylic acids is 1. The van der Waals surface area contributed by atoms with Gasteiger partial charge in [0.05, 0.1) is 18.0 Å². The van der Waals surface area contributed by atoms with E-state index in [0.29, 0.717) is 29.2 Å². The lowest BCUT2D eigenvalue weighted by Crippen LogP contribution is -2.13. The molecule has 0 bridgehead atoms. The fraction of sp³-hybridized carbons (Fsp3) is 0.0909. The van der Waals surface area contributed by atoms with Gasteiger partial charge in [-0.1, -0.05) is 18.2 Å². The summed E-state index contributed by atoms with van der Waals surface area (Å²) in [7, 11) is 0. The predicted molar refractivity (Wildman–Crippen MR) is 114 cm³/mol. The Hall–Kier alpha value is -4.00. The van der Waals surface area contributed by atoms with Crippen molar-refractivity contribution in [1.29, 1.82) is 0 Å². The van der Waals surface area contributed by atoms with Crippen molar-refractivity contribution in [2.24, 2.45) is 0 Å². The molecule has 7 heteroatoms. The van der Waals surface area contributed by atoms with E-state index < -0.39 is 6.09 Å². The summed E-state index contributed by atoms with van der Waals surface area (Å²) < 4.78 is 5.46. The van der Waals surface area contributed by atoms with Gasteiger partial charge in [0.25, 0.3) is 5.91 Å². The second kappa shape index (κ2) is 8.79. The summed E-state index contributed by atoms with van der Waals surface area (Å²) in [6, 6.07) is 19.2. The van der Waals surface area contributed by atoms with E-state index >= 15 is 0 Å². The van der Waals surface area contributed by atoms with Crippen LogP contribution in [0.15, 0.2) is 66.7 Å². The van der Waals surface area contributed by atoms with Gasteiger partial charge in [0.2, 0.25) is 0 Å². The average Bonchev–Trinajstić information content (AvgIpc) is 2.70. The van der Waals surface area contributed by atoms with Crippen LogP contribution in [0.2, 0.25) is 0 Å². The third kappa shape index (κ3) is 5.04. The van der Waals surface area contributed by atoms with Crippen LogP contribution in [0.4, 0.5) is 21.9 Å². The van der Waals surface area contributed by atoms with E-state index in [1.807, 2.05) is 43.3 Å². The molecule has 0 heterocycles. The number of anilines is 3. The lowest BCUT2D eigenvalue weighted by molar-refractivity contribution is 0.102. The maximum Gasteiger partial charge on any atom is 0.409 e. The number of ether oxygens (including phenoxy) is 1. The van der Waals surface area contributed by atoms with Gasteiger partial charge in [-0.2, -0.15) is 0 Å². The Morgan fingerprint density at radius 3 is 2.21 bits per heavy atom. The molecule has 0 spiro atoms. The average molecular weight is 391 g/mol. The minimum absolute atomic E-state index is 0.345. The molecule has 5 N–H and O–H groups in total. The highest BCUT2D eigenvalue weighted by atomic mass is 16.5. The van der Waals surface area contributed by atoms with Crippen molar-refractivity contribution in [1.82, 2.24) is 0 Å². The molecule has 0 saturated heterocycles. The lowest BCUT2D eigenvalue weighted by Gasteiger charge is -2.12. The molecule has 0 aliphatic rings. The van der Waals surface area contributed by atoms with Crippen LogP contribution in [0.3, 0.4) is 0 Å². The molecule has 0 radical (unpaired) electrons. The molecule has 2 amide bonds. The molecule has 0 aromatic heterocycles. The van der Waals surface area contributed by atoms with Gasteiger partial charge in [0, 0.05) is 11.3 Å². The number of hydrogen-bond acceptors (Lipinski definition) is 4. The third-order valence-corrected chi connectivity index (χ3v) is 4.20. The molecule has 3 aromatic rings. The van der Waals surface area contributed by atoms with Crippen LogP contribution in [0.5, 0.6) is 5.75 Å². The quantitative estimate of drug-likeness (QED) is 0.456. The smallest absolute Gasteiger partial charge is 0.409 e. The first kappa shape index (κ1) is 19.8. The van der Waals surface area contributed by atoms with E-state index in [0.717, 1.165) is 16.9 Å². The molecule has 0 aliphatic heterocycles. The molecule has 3 rings (SSSR count). The molecule has 0 unspecified atom stereocenters. The Morgan fingerprint density at radius 1 is 0.931 bits per heavy atom. The summed E-state index contributed by atoms with van der Waals surface area (Å²) in [6.45, 7) is 2.53. The van der Waals surface area contributed by atoms with Gasteiger partial charge >= 0.3 is 6.09 Å². The first-order valence-corrected chi connectivity index (χ1v) is 9.00. The van der Waals surface area contributed by atoms with Gasteiger partial charge < -0.3 is 20.9 Å². The zero-order valence-electron chi connectivity index (χ0n) is 15.8. The van der Waals surface area contributed by atoms with Crippen molar-refractivity contribution in [3.8, 4) is 16.9 Å². The van der Waals surface area contributed by atoms with E-state index in [9.17, 15) is 9.59 Å². The van der Waals surface area contributed by atoms with E-state index in [2.05, 4.69) is 10.6 Å². The lowest BCUT2D eigenvalue weighted by atomic mass is 10.0. The zero-order chi connectivity index (χ0) is 20.8. The van der Waals surface area contributed by atoms with Crippen LogP contribution in [0.1, 0.15) is 17.3 Å².